The maximum atomic E-state index is 14.2. The number of halogens is 7. The van der Waals surface area contributed by atoms with Gasteiger partial charge in [0.2, 0.25) is 5.91 Å². The first-order chi connectivity index (χ1) is 16.2. The molecular weight excluding hydrogens is 519 g/mol. The van der Waals surface area contributed by atoms with Gasteiger partial charge in [-0.25, -0.2) is 17.6 Å². The SMILES string of the molecule is O=C(/C=C/c1ccc(-c2cccc(Cl)c2Cl)o1)N1CCN(c2c(F)c(F)c(Cl)c(F)c2F)CC1. The summed E-state index contributed by atoms with van der Waals surface area (Å²) in [6.45, 7) is 0.0864. The summed E-state index contributed by atoms with van der Waals surface area (Å²) < 4.78 is 61.6. The first-order valence-corrected chi connectivity index (χ1v) is 11.1. The molecule has 2 heterocycles. The van der Waals surface area contributed by atoms with Crippen LogP contribution in [0.15, 0.2) is 40.8 Å². The Morgan fingerprint density at radius 1 is 0.853 bits per heavy atom. The van der Waals surface area contributed by atoms with Crippen LogP contribution in [0.25, 0.3) is 17.4 Å². The van der Waals surface area contributed by atoms with Crippen LogP contribution in [0, 0.1) is 23.3 Å². The van der Waals surface area contributed by atoms with E-state index in [1.807, 2.05) is 0 Å². The summed E-state index contributed by atoms with van der Waals surface area (Å²) in [5.41, 5.74) is -0.240. The zero-order valence-corrected chi connectivity index (χ0v) is 19.5. The summed E-state index contributed by atoms with van der Waals surface area (Å²) in [6.07, 6.45) is 2.76. The molecule has 3 aromatic rings. The van der Waals surface area contributed by atoms with Gasteiger partial charge in [-0.15, -0.1) is 0 Å². The van der Waals surface area contributed by atoms with E-state index in [0.717, 1.165) is 4.90 Å². The van der Waals surface area contributed by atoms with E-state index < -0.39 is 34.0 Å². The number of hydrogen-bond acceptors (Lipinski definition) is 3. The lowest BCUT2D eigenvalue weighted by molar-refractivity contribution is -0.126. The second-order valence-corrected chi connectivity index (χ2v) is 8.53. The maximum absolute atomic E-state index is 14.2. The highest BCUT2D eigenvalue weighted by Crippen LogP contribution is 2.35. The van der Waals surface area contributed by atoms with Crippen molar-refractivity contribution >= 4 is 52.5 Å². The first kappa shape index (κ1) is 24.4. The summed E-state index contributed by atoms with van der Waals surface area (Å²) in [5, 5.41) is -0.515. The fraction of sp³-hybridized carbons (Fsp3) is 0.174. The van der Waals surface area contributed by atoms with Crippen LogP contribution >= 0.6 is 34.8 Å². The lowest BCUT2D eigenvalue weighted by Crippen LogP contribution is -2.49. The van der Waals surface area contributed by atoms with Crippen LogP contribution < -0.4 is 4.90 Å². The highest BCUT2D eigenvalue weighted by Gasteiger charge is 2.30. The molecule has 1 fully saturated rings. The molecule has 1 amide bonds. The number of carbonyl (C=O) groups excluding carboxylic acids is 1. The van der Waals surface area contributed by atoms with Gasteiger partial charge in [-0.05, 0) is 30.3 Å². The van der Waals surface area contributed by atoms with Gasteiger partial charge in [0, 0.05) is 37.8 Å². The van der Waals surface area contributed by atoms with Crippen molar-refractivity contribution in [3.05, 3.63) is 80.5 Å². The fourth-order valence-corrected chi connectivity index (χ4v) is 4.12. The van der Waals surface area contributed by atoms with Crippen LogP contribution in [0.2, 0.25) is 15.1 Å². The number of benzene rings is 2. The quantitative estimate of drug-likeness (QED) is 0.160. The molecule has 0 atom stereocenters. The average Bonchev–Trinajstić information content (AvgIpc) is 3.31. The zero-order valence-electron chi connectivity index (χ0n) is 17.2. The lowest BCUT2D eigenvalue weighted by atomic mass is 10.2. The van der Waals surface area contributed by atoms with Gasteiger partial charge in [-0.2, -0.15) is 0 Å². The van der Waals surface area contributed by atoms with E-state index in [1.54, 1.807) is 30.3 Å². The van der Waals surface area contributed by atoms with Crippen LogP contribution in [0.3, 0.4) is 0 Å². The van der Waals surface area contributed by atoms with E-state index in [-0.39, 0.29) is 32.1 Å². The van der Waals surface area contributed by atoms with Crippen molar-refractivity contribution in [2.45, 2.75) is 0 Å². The number of piperazine rings is 1. The smallest absolute Gasteiger partial charge is 0.246 e. The molecule has 4 nitrogen and oxygen atoms in total. The predicted molar refractivity (Wildman–Crippen MR) is 123 cm³/mol. The monoisotopic (exact) mass is 532 g/mol. The van der Waals surface area contributed by atoms with Gasteiger partial charge in [-0.1, -0.05) is 40.9 Å². The number of anilines is 1. The topological polar surface area (TPSA) is 36.7 Å². The summed E-state index contributed by atoms with van der Waals surface area (Å²) in [7, 11) is 0. The van der Waals surface area contributed by atoms with E-state index in [0.29, 0.717) is 27.1 Å². The number of hydrogen-bond donors (Lipinski definition) is 0. The minimum Gasteiger partial charge on any atom is -0.457 e. The molecule has 178 valence electrons. The molecule has 0 saturated carbocycles. The van der Waals surface area contributed by atoms with Crippen molar-refractivity contribution in [1.82, 2.24) is 4.90 Å². The van der Waals surface area contributed by atoms with Gasteiger partial charge in [0.05, 0.1) is 10.0 Å². The number of furan rings is 1. The Kier molecular flexibility index (Phi) is 7.12. The molecular formula is C23H15Cl3F4N2O2. The summed E-state index contributed by atoms with van der Waals surface area (Å²) in [5.74, 6) is -5.96. The molecule has 1 aliphatic heterocycles. The highest BCUT2D eigenvalue weighted by molar-refractivity contribution is 6.43. The van der Waals surface area contributed by atoms with Gasteiger partial charge in [-0.3, -0.25) is 4.79 Å². The second-order valence-electron chi connectivity index (χ2n) is 7.37. The average molecular weight is 534 g/mol. The summed E-state index contributed by atoms with van der Waals surface area (Å²) in [4.78, 5) is 15.1. The first-order valence-electron chi connectivity index (χ1n) is 9.96. The molecule has 0 spiro atoms. The largest absolute Gasteiger partial charge is 0.457 e. The summed E-state index contributed by atoms with van der Waals surface area (Å²) in [6, 6.07) is 8.47. The Labute approximate surface area is 206 Å². The fourth-order valence-electron chi connectivity index (χ4n) is 3.56. The molecule has 11 heteroatoms. The predicted octanol–water partition coefficient (Wildman–Crippen LogP) is 6.83. The Morgan fingerprint density at radius 3 is 2.15 bits per heavy atom. The van der Waals surface area contributed by atoms with Crippen molar-refractivity contribution in [3.8, 4) is 11.3 Å². The van der Waals surface area contributed by atoms with Crippen LogP contribution in [0.4, 0.5) is 23.2 Å². The molecule has 0 N–H and O–H groups in total. The van der Waals surface area contributed by atoms with Gasteiger partial charge >= 0.3 is 0 Å². The van der Waals surface area contributed by atoms with Crippen LogP contribution in [-0.2, 0) is 4.79 Å². The van der Waals surface area contributed by atoms with Crippen molar-refractivity contribution in [3.63, 3.8) is 0 Å². The molecule has 1 aliphatic rings. The third-order valence-corrected chi connectivity index (χ3v) is 6.48. The van der Waals surface area contributed by atoms with Crippen LogP contribution in [-0.4, -0.2) is 37.0 Å². The van der Waals surface area contributed by atoms with E-state index in [2.05, 4.69) is 0 Å². The Balaban J connectivity index is 1.41. The third-order valence-electron chi connectivity index (χ3n) is 5.33. The minimum absolute atomic E-state index is 0.0356. The van der Waals surface area contributed by atoms with E-state index in [4.69, 9.17) is 39.2 Å². The molecule has 34 heavy (non-hydrogen) atoms. The minimum atomic E-state index is -1.66. The van der Waals surface area contributed by atoms with Gasteiger partial charge in [0.15, 0.2) is 23.3 Å². The number of rotatable bonds is 4. The van der Waals surface area contributed by atoms with Gasteiger partial charge in [0.25, 0.3) is 0 Å². The normalized spacial score (nSPS) is 14.3. The standard InChI is InChI=1S/C23H15Cl3F4N2O2/c24-14-3-1-2-13(17(14)25)15-6-4-12(34-15)5-7-16(33)31-8-10-32(11-9-31)23-21(29)19(27)18(26)20(28)22(23)30/h1-7H,8-11H2/b7-5+. The van der Waals surface area contributed by atoms with Crippen molar-refractivity contribution in [2.75, 3.05) is 31.1 Å². The van der Waals surface area contributed by atoms with Gasteiger partial charge in [0.1, 0.15) is 22.2 Å². The van der Waals surface area contributed by atoms with Crippen molar-refractivity contribution in [1.29, 1.82) is 0 Å². The molecule has 4 rings (SSSR count). The third kappa shape index (κ3) is 4.62. The molecule has 0 bridgehead atoms. The molecule has 1 saturated heterocycles. The van der Waals surface area contributed by atoms with Crippen LogP contribution in [0.5, 0.6) is 0 Å². The highest BCUT2D eigenvalue weighted by atomic mass is 35.5. The van der Waals surface area contributed by atoms with Gasteiger partial charge < -0.3 is 14.2 Å². The van der Waals surface area contributed by atoms with Crippen molar-refractivity contribution in [2.24, 2.45) is 0 Å². The van der Waals surface area contributed by atoms with E-state index in [1.165, 1.54) is 17.1 Å². The van der Waals surface area contributed by atoms with E-state index in [9.17, 15) is 22.4 Å². The number of carbonyl (C=O) groups is 1. The zero-order chi connectivity index (χ0) is 24.6. The number of nitrogens with zero attached hydrogens (tertiary/aromatic N) is 2. The van der Waals surface area contributed by atoms with E-state index >= 15 is 0 Å². The molecule has 1 aromatic heterocycles. The Hall–Kier alpha value is -2.68. The van der Waals surface area contributed by atoms with Crippen molar-refractivity contribution < 1.29 is 26.8 Å². The molecule has 0 aliphatic carbocycles. The lowest BCUT2D eigenvalue weighted by Gasteiger charge is -2.36. The number of amides is 1. The summed E-state index contributed by atoms with van der Waals surface area (Å²) >= 11 is 17.5. The Morgan fingerprint density at radius 2 is 1.50 bits per heavy atom. The molecule has 0 radical (unpaired) electrons. The maximum Gasteiger partial charge on any atom is 0.246 e. The Bertz CT molecular complexity index is 1260. The second kappa shape index (κ2) is 9.90. The van der Waals surface area contributed by atoms with Crippen LogP contribution in [0.1, 0.15) is 5.76 Å². The molecule has 2 aromatic carbocycles. The molecule has 0 unspecified atom stereocenters.